The van der Waals surface area contributed by atoms with Crippen LogP contribution in [0.5, 0.6) is 0 Å². The topological polar surface area (TPSA) is 71.0 Å². The van der Waals surface area contributed by atoms with Crippen LogP contribution in [0, 0.1) is 5.82 Å². The van der Waals surface area contributed by atoms with Gasteiger partial charge in [-0.2, -0.15) is 0 Å². The summed E-state index contributed by atoms with van der Waals surface area (Å²) in [6.45, 7) is 1.55. The van der Waals surface area contributed by atoms with Gasteiger partial charge in [0.2, 0.25) is 5.91 Å². The number of amides is 1. The molecule has 0 radical (unpaired) electrons. The summed E-state index contributed by atoms with van der Waals surface area (Å²) in [6.07, 6.45) is 2.51. The second kappa shape index (κ2) is 6.84. The maximum Gasteiger partial charge on any atom is 0.277 e. The van der Waals surface area contributed by atoms with E-state index in [2.05, 4.69) is 22.1 Å². The highest BCUT2D eigenvalue weighted by atomic mass is 19.1. The molecule has 0 atom stereocenters. The van der Waals surface area contributed by atoms with E-state index in [1.165, 1.54) is 34.2 Å². The van der Waals surface area contributed by atoms with Gasteiger partial charge in [0.15, 0.2) is 0 Å². The fraction of sp³-hybridized carbons (Fsp3) is 0.227. The van der Waals surface area contributed by atoms with Gasteiger partial charge in [0.1, 0.15) is 16.9 Å². The highest BCUT2D eigenvalue weighted by Crippen LogP contribution is 2.22. The van der Waals surface area contributed by atoms with Gasteiger partial charge < -0.3 is 9.88 Å². The molecule has 7 heteroatoms. The minimum atomic E-state index is -0.377. The van der Waals surface area contributed by atoms with Crippen LogP contribution in [0.15, 0.2) is 53.6 Å². The molecule has 1 N–H and O–H groups in total. The Hall–Kier alpha value is -3.48. The zero-order valence-corrected chi connectivity index (χ0v) is 15.7. The Morgan fingerprint density at radius 1 is 1.17 bits per heavy atom. The van der Waals surface area contributed by atoms with Crippen LogP contribution in [0.3, 0.4) is 0 Å². The number of aromatic nitrogens is 3. The number of aryl methyl sites for hydroxylation is 1. The quantitative estimate of drug-likeness (QED) is 0.585. The van der Waals surface area contributed by atoms with Crippen molar-refractivity contribution in [1.82, 2.24) is 19.4 Å². The van der Waals surface area contributed by atoms with Crippen LogP contribution in [0.25, 0.3) is 21.9 Å². The maximum atomic E-state index is 13.5. The zero-order chi connectivity index (χ0) is 20.0. The number of H-pyrrole nitrogens is 1. The molecule has 29 heavy (non-hydrogen) atoms. The third-order valence-electron chi connectivity index (χ3n) is 5.58. The Bertz CT molecular complexity index is 1310. The summed E-state index contributed by atoms with van der Waals surface area (Å²) in [4.78, 5) is 34.7. The van der Waals surface area contributed by atoms with Gasteiger partial charge in [-0.25, -0.2) is 9.37 Å². The van der Waals surface area contributed by atoms with Gasteiger partial charge in [-0.1, -0.05) is 24.3 Å². The van der Waals surface area contributed by atoms with Crippen molar-refractivity contribution < 1.29 is 9.18 Å². The van der Waals surface area contributed by atoms with Crippen molar-refractivity contribution in [3.05, 3.63) is 76.1 Å². The lowest BCUT2D eigenvalue weighted by Crippen LogP contribution is -2.36. The van der Waals surface area contributed by atoms with E-state index in [1.807, 2.05) is 17.0 Å². The van der Waals surface area contributed by atoms with Crippen molar-refractivity contribution >= 4 is 27.8 Å². The maximum absolute atomic E-state index is 13.5. The molecule has 0 saturated heterocycles. The summed E-state index contributed by atoms with van der Waals surface area (Å²) in [5.41, 5.74) is 3.64. The highest BCUT2D eigenvalue weighted by molar-refractivity contribution is 6.04. The van der Waals surface area contributed by atoms with Crippen LogP contribution >= 0.6 is 0 Å². The van der Waals surface area contributed by atoms with E-state index in [1.54, 1.807) is 6.07 Å². The van der Waals surface area contributed by atoms with E-state index in [9.17, 15) is 14.0 Å². The number of nitrogens with zero attached hydrogens (tertiary/aromatic N) is 3. The first kappa shape index (κ1) is 17.6. The van der Waals surface area contributed by atoms with Gasteiger partial charge in [-0.3, -0.25) is 14.2 Å². The molecule has 0 saturated carbocycles. The van der Waals surface area contributed by atoms with Crippen molar-refractivity contribution in [3.8, 4) is 0 Å². The Kier molecular flexibility index (Phi) is 4.16. The zero-order valence-electron chi connectivity index (χ0n) is 15.7. The number of fused-ring (bicyclic) bond motifs is 4. The predicted molar refractivity (Wildman–Crippen MR) is 108 cm³/mol. The molecule has 2 aromatic heterocycles. The first-order valence-electron chi connectivity index (χ1n) is 9.61. The largest absolute Gasteiger partial charge is 0.349 e. The number of hydrogen-bond donors (Lipinski definition) is 1. The lowest BCUT2D eigenvalue weighted by molar-refractivity contribution is -0.132. The molecule has 146 valence electrons. The SMILES string of the molecule is O=C(CCn1cnc2c([nH]c3ccc(F)cc32)c1=O)N1CCc2ccccc2C1. The van der Waals surface area contributed by atoms with Gasteiger partial charge in [0.05, 0.1) is 6.33 Å². The smallest absolute Gasteiger partial charge is 0.277 e. The highest BCUT2D eigenvalue weighted by Gasteiger charge is 2.20. The summed E-state index contributed by atoms with van der Waals surface area (Å²) in [5, 5.41) is 0.576. The van der Waals surface area contributed by atoms with Crippen LogP contribution in [-0.2, 0) is 24.3 Å². The fourth-order valence-electron chi connectivity index (χ4n) is 4.00. The Balaban J connectivity index is 1.36. The average Bonchev–Trinajstić information content (AvgIpc) is 3.11. The van der Waals surface area contributed by atoms with E-state index in [0.29, 0.717) is 35.0 Å². The number of benzene rings is 2. The molecule has 1 aliphatic rings. The third-order valence-corrected chi connectivity index (χ3v) is 5.58. The molecule has 0 unspecified atom stereocenters. The first-order valence-corrected chi connectivity index (χ1v) is 9.61. The van der Waals surface area contributed by atoms with Gasteiger partial charge >= 0.3 is 0 Å². The van der Waals surface area contributed by atoms with Crippen molar-refractivity contribution in [3.63, 3.8) is 0 Å². The van der Waals surface area contributed by atoms with Crippen molar-refractivity contribution in [2.24, 2.45) is 0 Å². The van der Waals surface area contributed by atoms with Crippen LogP contribution in [0.4, 0.5) is 4.39 Å². The summed E-state index contributed by atoms with van der Waals surface area (Å²) >= 11 is 0. The average molecular weight is 390 g/mol. The van der Waals surface area contributed by atoms with Crippen molar-refractivity contribution in [2.45, 2.75) is 25.9 Å². The Labute approximate surface area is 165 Å². The van der Waals surface area contributed by atoms with Crippen LogP contribution < -0.4 is 5.56 Å². The molecule has 6 nitrogen and oxygen atoms in total. The fourth-order valence-corrected chi connectivity index (χ4v) is 4.00. The molecule has 3 heterocycles. The van der Waals surface area contributed by atoms with Gasteiger partial charge in [-0.15, -0.1) is 0 Å². The van der Waals surface area contributed by atoms with Crippen LogP contribution in [-0.4, -0.2) is 31.9 Å². The van der Waals surface area contributed by atoms with E-state index >= 15 is 0 Å². The molecule has 0 bridgehead atoms. The van der Waals surface area contributed by atoms with E-state index in [0.717, 1.165) is 6.42 Å². The summed E-state index contributed by atoms with van der Waals surface area (Å²) in [6, 6.07) is 12.5. The number of hydrogen-bond acceptors (Lipinski definition) is 3. The predicted octanol–water partition coefficient (Wildman–Crippen LogP) is 2.99. The number of nitrogens with one attached hydrogen (secondary N) is 1. The number of aromatic amines is 1. The number of halogens is 1. The van der Waals surface area contributed by atoms with Crippen LogP contribution in [0.1, 0.15) is 17.5 Å². The van der Waals surface area contributed by atoms with E-state index in [4.69, 9.17) is 0 Å². The normalized spacial score (nSPS) is 13.8. The molecule has 4 aromatic rings. The molecule has 0 aliphatic carbocycles. The summed E-state index contributed by atoms with van der Waals surface area (Å²) in [7, 11) is 0. The van der Waals surface area contributed by atoms with Crippen molar-refractivity contribution in [1.29, 1.82) is 0 Å². The van der Waals surface area contributed by atoms with E-state index in [-0.39, 0.29) is 30.2 Å². The lowest BCUT2D eigenvalue weighted by atomic mass is 10.00. The standard InChI is InChI=1S/C22H19FN4O2/c23-16-5-6-18-17(11-16)20-21(25-18)22(29)27(13-24-20)10-8-19(28)26-9-7-14-3-1-2-4-15(14)12-26/h1-6,11,13,25H,7-10,12H2. The Morgan fingerprint density at radius 3 is 2.86 bits per heavy atom. The Morgan fingerprint density at radius 2 is 2.00 bits per heavy atom. The van der Waals surface area contributed by atoms with Crippen LogP contribution in [0.2, 0.25) is 0 Å². The summed E-state index contributed by atoms with van der Waals surface area (Å²) in [5.74, 6) is -0.358. The molecule has 0 fully saturated rings. The van der Waals surface area contributed by atoms with Crippen molar-refractivity contribution in [2.75, 3.05) is 6.54 Å². The minimum absolute atomic E-state index is 0.0187. The van der Waals surface area contributed by atoms with Gasteiger partial charge in [-0.05, 0) is 35.7 Å². The molecular formula is C22H19FN4O2. The third kappa shape index (κ3) is 3.08. The lowest BCUT2D eigenvalue weighted by Gasteiger charge is -2.29. The van der Waals surface area contributed by atoms with Gasteiger partial charge in [0, 0.05) is 37.0 Å². The molecular weight excluding hydrogens is 371 g/mol. The minimum Gasteiger partial charge on any atom is -0.349 e. The second-order valence-electron chi connectivity index (χ2n) is 7.37. The molecule has 0 spiro atoms. The number of carbonyl (C=O) groups is 1. The molecule has 1 aliphatic heterocycles. The molecule has 2 aromatic carbocycles. The molecule has 5 rings (SSSR count). The summed E-state index contributed by atoms with van der Waals surface area (Å²) < 4.78 is 15.0. The second-order valence-corrected chi connectivity index (χ2v) is 7.37. The van der Waals surface area contributed by atoms with E-state index < -0.39 is 0 Å². The number of rotatable bonds is 3. The monoisotopic (exact) mass is 390 g/mol. The number of carbonyl (C=O) groups excluding carboxylic acids is 1. The molecule has 1 amide bonds. The van der Waals surface area contributed by atoms with Gasteiger partial charge in [0.25, 0.3) is 5.56 Å². The first-order chi connectivity index (χ1) is 14.1.